The summed E-state index contributed by atoms with van der Waals surface area (Å²) in [7, 11) is 2.94. The van der Waals surface area contributed by atoms with Crippen molar-refractivity contribution >= 4 is 40.3 Å². The molecule has 1 heterocycles. The van der Waals surface area contributed by atoms with Crippen molar-refractivity contribution in [2.45, 2.75) is 6.42 Å². The van der Waals surface area contributed by atoms with E-state index in [1.165, 1.54) is 14.2 Å². The molecule has 178 valence electrons. The summed E-state index contributed by atoms with van der Waals surface area (Å²) < 4.78 is 10.0. The van der Waals surface area contributed by atoms with E-state index in [1.807, 2.05) is 6.07 Å². The van der Waals surface area contributed by atoms with E-state index < -0.39 is 30.3 Å². The van der Waals surface area contributed by atoms with Crippen LogP contribution >= 0.6 is 0 Å². The van der Waals surface area contributed by atoms with Crippen LogP contribution in [-0.4, -0.2) is 72.6 Å². The van der Waals surface area contributed by atoms with Gasteiger partial charge in [-0.15, -0.1) is 0 Å². The van der Waals surface area contributed by atoms with Crippen LogP contribution in [-0.2, 0) is 19.1 Å². The van der Waals surface area contributed by atoms with Gasteiger partial charge < -0.3 is 25.0 Å². The van der Waals surface area contributed by atoms with E-state index in [9.17, 15) is 19.2 Å². The summed E-state index contributed by atoms with van der Waals surface area (Å²) in [5, 5.41) is 12.7. The van der Waals surface area contributed by atoms with Gasteiger partial charge >= 0.3 is 5.97 Å². The highest BCUT2D eigenvalue weighted by atomic mass is 16.5. The van der Waals surface area contributed by atoms with Gasteiger partial charge in [0.15, 0.2) is 12.3 Å². The summed E-state index contributed by atoms with van der Waals surface area (Å²) in [4.78, 5) is 49.7. The minimum atomic E-state index is -0.658. The Morgan fingerprint density at radius 3 is 2.68 bits per heavy atom. The zero-order valence-corrected chi connectivity index (χ0v) is 18.8. The summed E-state index contributed by atoms with van der Waals surface area (Å²) in [5.41, 5.74) is 1.49. The van der Waals surface area contributed by atoms with E-state index in [1.54, 1.807) is 42.5 Å². The highest BCUT2D eigenvalue weighted by Crippen LogP contribution is 2.16. The monoisotopic (exact) mass is 467 g/mol. The van der Waals surface area contributed by atoms with Crippen LogP contribution in [0.25, 0.3) is 10.9 Å². The molecule has 0 aliphatic carbocycles. The van der Waals surface area contributed by atoms with Crippen LogP contribution in [0.3, 0.4) is 0 Å². The predicted molar refractivity (Wildman–Crippen MR) is 123 cm³/mol. The maximum atomic E-state index is 12.3. The molecule has 0 unspecified atom stereocenters. The van der Waals surface area contributed by atoms with Crippen LogP contribution in [0.4, 0.5) is 5.69 Å². The Hall–Kier alpha value is -4.41. The molecule has 1 aromatic heterocycles. The molecule has 2 aromatic carbocycles. The first-order valence-corrected chi connectivity index (χ1v) is 10.4. The number of para-hydroxylation sites is 1. The molecule has 0 radical (unpaired) electrons. The van der Waals surface area contributed by atoms with Gasteiger partial charge in [0.05, 0.1) is 25.6 Å². The van der Waals surface area contributed by atoms with E-state index in [-0.39, 0.29) is 25.2 Å². The standard InChI is InChI=1S/C23H25N5O6/c1-28(13-19(29)25-15-6-5-7-16(12-15)33-2)20(30)14-34-21(31)10-11-24-23(32)22-17-8-3-4-9-18(17)26-27-22/h3-9,12H,10-11,13-14H2,1-2H3,(H,24,32)(H,25,29)(H,26,27). The third-order valence-electron chi connectivity index (χ3n) is 4.82. The lowest BCUT2D eigenvalue weighted by molar-refractivity contribution is -0.151. The van der Waals surface area contributed by atoms with Crippen molar-refractivity contribution in [3.05, 3.63) is 54.2 Å². The van der Waals surface area contributed by atoms with Crippen molar-refractivity contribution in [1.82, 2.24) is 20.4 Å². The number of aromatic nitrogens is 2. The molecule has 34 heavy (non-hydrogen) atoms. The highest BCUT2D eigenvalue weighted by Gasteiger charge is 2.17. The fraction of sp³-hybridized carbons (Fsp3) is 0.261. The lowest BCUT2D eigenvalue weighted by atomic mass is 10.2. The normalized spacial score (nSPS) is 10.4. The van der Waals surface area contributed by atoms with Gasteiger partial charge in [-0.2, -0.15) is 5.10 Å². The molecule has 3 rings (SSSR count). The number of hydrogen-bond donors (Lipinski definition) is 3. The van der Waals surface area contributed by atoms with Gasteiger partial charge in [0.1, 0.15) is 5.75 Å². The van der Waals surface area contributed by atoms with Gasteiger partial charge in [-0.05, 0) is 18.2 Å². The average Bonchev–Trinajstić information content (AvgIpc) is 3.26. The van der Waals surface area contributed by atoms with E-state index in [0.29, 0.717) is 16.8 Å². The summed E-state index contributed by atoms with van der Waals surface area (Å²) in [6.45, 7) is -0.715. The number of benzene rings is 2. The zero-order valence-electron chi connectivity index (χ0n) is 18.8. The van der Waals surface area contributed by atoms with E-state index in [4.69, 9.17) is 9.47 Å². The fourth-order valence-electron chi connectivity index (χ4n) is 3.03. The number of nitrogens with one attached hydrogen (secondary N) is 3. The van der Waals surface area contributed by atoms with Crippen LogP contribution in [0.15, 0.2) is 48.5 Å². The second kappa shape index (κ2) is 11.5. The maximum Gasteiger partial charge on any atom is 0.308 e. The smallest absolute Gasteiger partial charge is 0.308 e. The quantitative estimate of drug-likeness (QED) is 0.382. The van der Waals surface area contributed by atoms with Crippen LogP contribution in [0.5, 0.6) is 5.75 Å². The number of carbonyl (C=O) groups is 4. The molecule has 0 spiro atoms. The number of hydrogen-bond acceptors (Lipinski definition) is 7. The molecule has 0 saturated heterocycles. The van der Waals surface area contributed by atoms with E-state index in [0.717, 1.165) is 10.4 Å². The first-order valence-electron chi connectivity index (χ1n) is 10.4. The summed E-state index contributed by atoms with van der Waals surface area (Å²) in [6.07, 6.45) is -0.124. The summed E-state index contributed by atoms with van der Waals surface area (Å²) in [6, 6.07) is 14.0. The Morgan fingerprint density at radius 1 is 1.09 bits per heavy atom. The van der Waals surface area contributed by atoms with Gasteiger partial charge in [0, 0.05) is 30.7 Å². The Morgan fingerprint density at radius 2 is 1.88 bits per heavy atom. The van der Waals surface area contributed by atoms with Crippen molar-refractivity contribution in [3.8, 4) is 5.75 Å². The molecule has 11 heteroatoms. The Labute approximate surface area is 195 Å². The molecular weight excluding hydrogens is 442 g/mol. The Bertz CT molecular complexity index is 1190. The molecule has 0 bridgehead atoms. The molecule has 3 aromatic rings. The first kappa shape index (κ1) is 24.2. The Balaban J connectivity index is 1.36. The number of rotatable bonds is 10. The molecule has 3 N–H and O–H groups in total. The van der Waals surface area contributed by atoms with Crippen LogP contribution in [0, 0.1) is 0 Å². The average molecular weight is 467 g/mol. The van der Waals surface area contributed by atoms with Crippen molar-refractivity contribution in [2.24, 2.45) is 0 Å². The third-order valence-corrected chi connectivity index (χ3v) is 4.82. The largest absolute Gasteiger partial charge is 0.497 e. The minimum Gasteiger partial charge on any atom is -0.497 e. The number of nitrogens with zero attached hydrogens (tertiary/aromatic N) is 2. The zero-order chi connectivity index (χ0) is 24.5. The number of ether oxygens (including phenoxy) is 2. The number of anilines is 1. The van der Waals surface area contributed by atoms with Crippen LogP contribution in [0.2, 0.25) is 0 Å². The predicted octanol–water partition coefficient (Wildman–Crippen LogP) is 1.33. The third kappa shape index (κ3) is 6.55. The number of esters is 1. The van der Waals surface area contributed by atoms with Gasteiger partial charge in [-0.25, -0.2) is 0 Å². The van der Waals surface area contributed by atoms with Gasteiger partial charge in [-0.1, -0.05) is 24.3 Å². The first-order chi connectivity index (χ1) is 16.4. The second-order valence-corrected chi connectivity index (χ2v) is 7.31. The van der Waals surface area contributed by atoms with Gasteiger partial charge in [0.2, 0.25) is 5.91 Å². The number of fused-ring (bicyclic) bond motifs is 1. The summed E-state index contributed by atoms with van der Waals surface area (Å²) in [5.74, 6) is -1.45. The Kier molecular flexibility index (Phi) is 8.16. The van der Waals surface area contributed by atoms with Crippen molar-refractivity contribution in [3.63, 3.8) is 0 Å². The second-order valence-electron chi connectivity index (χ2n) is 7.31. The van der Waals surface area contributed by atoms with E-state index in [2.05, 4.69) is 20.8 Å². The number of carbonyl (C=O) groups excluding carboxylic acids is 4. The highest BCUT2D eigenvalue weighted by molar-refractivity contribution is 6.04. The lowest BCUT2D eigenvalue weighted by Crippen LogP contribution is -2.37. The van der Waals surface area contributed by atoms with Gasteiger partial charge in [0.25, 0.3) is 11.8 Å². The van der Waals surface area contributed by atoms with Gasteiger partial charge in [-0.3, -0.25) is 24.3 Å². The fourth-order valence-corrected chi connectivity index (χ4v) is 3.03. The van der Waals surface area contributed by atoms with Crippen molar-refractivity contribution in [1.29, 1.82) is 0 Å². The molecule has 0 saturated carbocycles. The van der Waals surface area contributed by atoms with Crippen molar-refractivity contribution in [2.75, 3.05) is 39.2 Å². The number of aromatic amines is 1. The molecule has 0 atom stereocenters. The number of H-pyrrole nitrogens is 1. The molecule has 3 amide bonds. The molecule has 11 nitrogen and oxygen atoms in total. The number of likely N-dealkylation sites (N-methyl/N-ethyl adjacent to an activating group) is 1. The van der Waals surface area contributed by atoms with E-state index >= 15 is 0 Å². The van der Waals surface area contributed by atoms with Crippen LogP contribution in [0.1, 0.15) is 16.9 Å². The molecule has 0 aliphatic heterocycles. The maximum absolute atomic E-state index is 12.3. The number of methoxy groups -OCH3 is 1. The SMILES string of the molecule is COc1cccc(NC(=O)CN(C)C(=O)COC(=O)CCNC(=O)c2n[nH]c3ccccc23)c1. The van der Waals surface area contributed by atoms with Crippen LogP contribution < -0.4 is 15.4 Å². The topological polar surface area (TPSA) is 143 Å². The summed E-state index contributed by atoms with van der Waals surface area (Å²) >= 11 is 0. The minimum absolute atomic E-state index is 0.0197. The van der Waals surface area contributed by atoms with Crippen molar-refractivity contribution < 1.29 is 28.7 Å². The molecule has 0 fully saturated rings. The molecular formula is C23H25N5O6. The lowest BCUT2D eigenvalue weighted by Gasteiger charge is -2.17. The number of amides is 3. The molecule has 0 aliphatic rings.